The van der Waals surface area contributed by atoms with Crippen LogP contribution in [-0.4, -0.2) is 13.1 Å². The summed E-state index contributed by atoms with van der Waals surface area (Å²) in [5, 5.41) is 0. The van der Waals surface area contributed by atoms with Gasteiger partial charge in [0.2, 0.25) is 0 Å². The van der Waals surface area contributed by atoms with E-state index >= 15 is 0 Å². The summed E-state index contributed by atoms with van der Waals surface area (Å²) in [6, 6.07) is 0. The summed E-state index contributed by atoms with van der Waals surface area (Å²) in [5.41, 5.74) is 1.45. The first-order chi connectivity index (χ1) is 8.24. The Kier molecular flexibility index (Phi) is 6.38. The van der Waals surface area contributed by atoms with Crippen LogP contribution in [0.25, 0.3) is 0 Å². The van der Waals surface area contributed by atoms with E-state index in [9.17, 15) is 4.79 Å². The van der Waals surface area contributed by atoms with Gasteiger partial charge >= 0.3 is 5.97 Å². The van der Waals surface area contributed by atoms with Gasteiger partial charge in [0.15, 0.2) is 0 Å². The SMILES string of the molecule is COC(=O)C=CC=CC=C(C)C1CCCCC1. The molecule has 0 atom stereocenters. The number of methoxy groups -OCH3 is 1. The number of allylic oxidation sites excluding steroid dienone is 5. The summed E-state index contributed by atoms with van der Waals surface area (Å²) in [5.74, 6) is 0.445. The Bertz CT molecular complexity index is 318. The highest BCUT2D eigenvalue weighted by Gasteiger charge is 2.13. The smallest absolute Gasteiger partial charge is 0.330 e. The second-order valence-electron chi connectivity index (χ2n) is 4.51. The van der Waals surface area contributed by atoms with Crippen molar-refractivity contribution in [3.63, 3.8) is 0 Å². The Labute approximate surface area is 104 Å². The van der Waals surface area contributed by atoms with Crippen molar-refractivity contribution in [3.05, 3.63) is 36.0 Å². The van der Waals surface area contributed by atoms with Crippen LogP contribution >= 0.6 is 0 Å². The lowest BCUT2D eigenvalue weighted by molar-refractivity contribution is -0.134. The normalized spacial score (nSPS) is 19.1. The van der Waals surface area contributed by atoms with E-state index in [0.29, 0.717) is 0 Å². The van der Waals surface area contributed by atoms with Gasteiger partial charge < -0.3 is 4.74 Å². The van der Waals surface area contributed by atoms with E-state index < -0.39 is 0 Å². The number of carbonyl (C=O) groups excluding carboxylic acids is 1. The highest BCUT2D eigenvalue weighted by molar-refractivity contribution is 5.82. The number of hydrogen-bond donors (Lipinski definition) is 0. The van der Waals surface area contributed by atoms with Crippen LogP contribution in [0.15, 0.2) is 36.0 Å². The van der Waals surface area contributed by atoms with Crippen LogP contribution in [0, 0.1) is 5.92 Å². The minimum absolute atomic E-state index is 0.317. The van der Waals surface area contributed by atoms with Crippen molar-refractivity contribution in [1.29, 1.82) is 0 Å². The van der Waals surface area contributed by atoms with E-state index in [1.807, 2.05) is 12.2 Å². The van der Waals surface area contributed by atoms with Crippen LogP contribution < -0.4 is 0 Å². The third-order valence-corrected chi connectivity index (χ3v) is 3.26. The first kappa shape index (κ1) is 13.8. The van der Waals surface area contributed by atoms with E-state index in [0.717, 1.165) is 5.92 Å². The van der Waals surface area contributed by atoms with Gasteiger partial charge in [0, 0.05) is 6.08 Å². The van der Waals surface area contributed by atoms with E-state index in [2.05, 4.69) is 17.7 Å². The Morgan fingerprint density at radius 1 is 1.12 bits per heavy atom. The first-order valence-electron chi connectivity index (χ1n) is 6.33. The van der Waals surface area contributed by atoms with Gasteiger partial charge in [-0.2, -0.15) is 0 Å². The lowest BCUT2D eigenvalue weighted by Crippen LogP contribution is -2.06. The molecule has 0 aromatic rings. The molecule has 0 radical (unpaired) electrons. The summed E-state index contributed by atoms with van der Waals surface area (Å²) >= 11 is 0. The molecule has 94 valence electrons. The van der Waals surface area contributed by atoms with E-state index in [4.69, 9.17) is 0 Å². The van der Waals surface area contributed by atoms with Crippen LogP contribution in [0.1, 0.15) is 39.0 Å². The standard InChI is InChI=1S/C15H22O2/c1-13(14-10-6-4-7-11-14)9-5-3-8-12-15(16)17-2/h3,5,8-9,12,14H,4,6-7,10-11H2,1-2H3. The molecule has 0 heterocycles. The second kappa shape index (κ2) is 7.88. The second-order valence-corrected chi connectivity index (χ2v) is 4.51. The number of hydrogen-bond acceptors (Lipinski definition) is 2. The van der Waals surface area contributed by atoms with E-state index in [-0.39, 0.29) is 5.97 Å². The number of ether oxygens (including phenoxy) is 1. The zero-order valence-corrected chi connectivity index (χ0v) is 10.8. The summed E-state index contributed by atoms with van der Waals surface area (Å²) in [4.78, 5) is 10.8. The molecule has 1 aliphatic rings. The van der Waals surface area contributed by atoms with Crippen molar-refractivity contribution in [2.45, 2.75) is 39.0 Å². The number of esters is 1. The maximum Gasteiger partial charge on any atom is 0.330 e. The minimum Gasteiger partial charge on any atom is -0.466 e. The molecule has 0 aromatic heterocycles. The summed E-state index contributed by atoms with van der Waals surface area (Å²) in [6.07, 6.45) is 15.9. The molecule has 0 aromatic carbocycles. The lowest BCUT2D eigenvalue weighted by Gasteiger charge is -2.21. The van der Waals surface area contributed by atoms with Gasteiger partial charge in [-0.15, -0.1) is 0 Å². The van der Waals surface area contributed by atoms with Gasteiger partial charge in [-0.25, -0.2) is 4.79 Å². The zero-order valence-electron chi connectivity index (χ0n) is 10.8. The van der Waals surface area contributed by atoms with Crippen molar-refractivity contribution in [3.8, 4) is 0 Å². The zero-order chi connectivity index (χ0) is 12.5. The van der Waals surface area contributed by atoms with Gasteiger partial charge in [-0.05, 0) is 25.7 Å². The van der Waals surface area contributed by atoms with Gasteiger partial charge in [0.1, 0.15) is 0 Å². The summed E-state index contributed by atoms with van der Waals surface area (Å²) in [6.45, 7) is 2.20. The molecule has 1 rings (SSSR count). The predicted octanol–water partition coefficient (Wildman–Crippen LogP) is 3.80. The van der Waals surface area contributed by atoms with Gasteiger partial charge in [0.05, 0.1) is 7.11 Å². The molecule has 2 nitrogen and oxygen atoms in total. The average Bonchev–Trinajstić information content (AvgIpc) is 2.38. The fourth-order valence-electron chi connectivity index (χ4n) is 2.17. The third kappa shape index (κ3) is 5.53. The first-order valence-corrected chi connectivity index (χ1v) is 6.33. The van der Waals surface area contributed by atoms with Crippen LogP contribution in [-0.2, 0) is 9.53 Å². The number of rotatable bonds is 4. The molecule has 1 saturated carbocycles. The third-order valence-electron chi connectivity index (χ3n) is 3.26. The predicted molar refractivity (Wildman–Crippen MR) is 70.6 cm³/mol. The molecule has 0 saturated heterocycles. The Morgan fingerprint density at radius 3 is 2.47 bits per heavy atom. The molecular formula is C15H22O2. The van der Waals surface area contributed by atoms with Gasteiger partial charge in [0.25, 0.3) is 0 Å². The van der Waals surface area contributed by atoms with Crippen molar-refractivity contribution in [2.75, 3.05) is 7.11 Å². The minimum atomic E-state index is -0.317. The molecule has 0 bridgehead atoms. The molecule has 2 heteroatoms. The van der Waals surface area contributed by atoms with E-state index in [1.165, 1.54) is 50.9 Å². The largest absolute Gasteiger partial charge is 0.466 e. The molecule has 0 aliphatic heterocycles. The lowest BCUT2D eigenvalue weighted by atomic mass is 9.84. The van der Waals surface area contributed by atoms with Gasteiger partial charge in [-0.1, -0.05) is 49.1 Å². The molecule has 1 fully saturated rings. The topological polar surface area (TPSA) is 26.3 Å². The molecule has 1 aliphatic carbocycles. The fraction of sp³-hybridized carbons (Fsp3) is 0.533. The highest BCUT2D eigenvalue weighted by atomic mass is 16.5. The fourth-order valence-corrected chi connectivity index (χ4v) is 2.17. The molecule has 0 unspecified atom stereocenters. The summed E-state index contributed by atoms with van der Waals surface area (Å²) < 4.78 is 4.50. The molecular weight excluding hydrogens is 212 g/mol. The molecule has 0 spiro atoms. The molecule has 0 N–H and O–H groups in total. The molecule has 17 heavy (non-hydrogen) atoms. The monoisotopic (exact) mass is 234 g/mol. The highest BCUT2D eigenvalue weighted by Crippen LogP contribution is 2.29. The maximum absolute atomic E-state index is 10.8. The van der Waals surface area contributed by atoms with Crippen LogP contribution in [0.3, 0.4) is 0 Å². The van der Waals surface area contributed by atoms with E-state index in [1.54, 1.807) is 6.08 Å². The Balaban J connectivity index is 2.38. The average molecular weight is 234 g/mol. The maximum atomic E-state index is 10.8. The van der Waals surface area contributed by atoms with Crippen LogP contribution in [0.4, 0.5) is 0 Å². The van der Waals surface area contributed by atoms with Crippen molar-refractivity contribution < 1.29 is 9.53 Å². The van der Waals surface area contributed by atoms with Crippen molar-refractivity contribution >= 4 is 5.97 Å². The van der Waals surface area contributed by atoms with Crippen LogP contribution in [0.2, 0.25) is 0 Å². The summed E-state index contributed by atoms with van der Waals surface area (Å²) in [7, 11) is 1.38. The van der Waals surface area contributed by atoms with Gasteiger partial charge in [-0.3, -0.25) is 0 Å². The Morgan fingerprint density at radius 2 is 1.82 bits per heavy atom. The van der Waals surface area contributed by atoms with Crippen molar-refractivity contribution in [2.24, 2.45) is 5.92 Å². The quantitative estimate of drug-likeness (QED) is 0.420. The number of carbonyl (C=O) groups is 1. The van der Waals surface area contributed by atoms with Crippen molar-refractivity contribution in [1.82, 2.24) is 0 Å². The molecule has 0 amide bonds. The Hall–Kier alpha value is -1.31. The van der Waals surface area contributed by atoms with Crippen LogP contribution in [0.5, 0.6) is 0 Å².